The lowest BCUT2D eigenvalue weighted by molar-refractivity contribution is -0.151. The standard InChI is InChI=1S/C9H17NO3/c1-10(2)7-5-6-8(11)9(12-3)13-4/h5-6,9H,7H2,1-4H3/b6-5+. The highest BCUT2D eigenvalue weighted by Gasteiger charge is 2.12. The number of methoxy groups -OCH3 is 2. The van der Waals surface area contributed by atoms with Crippen LogP contribution in [0, 0.1) is 0 Å². The number of carbonyl (C=O) groups excluding carboxylic acids is 1. The van der Waals surface area contributed by atoms with Crippen molar-refractivity contribution in [2.24, 2.45) is 0 Å². The molecular formula is C9H17NO3. The third-order valence-corrected chi connectivity index (χ3v) is 1.41. The van der Waals surface area contributed by atoms with Crippen LogP contribution in [0.1, 0.15) is 0 Å². The predicted molar refractivity (Wildman–Crippen MR) is 50.5 cm³/mol. The van der Waals surface area contributed by atoms with Crippen LogP contribution in [0.3, 0.4) is 0 Å². The lowest BCUT2D eigenvalue weighted by Gasteiger charge is -2.09. The summed E-state index contributed by atoms with van der Waals surface area (Å²) in [7, 11) is 6.73. The Morgan fingerprint density at radius 2 is 1.92 bits per heavy atom. The Morgan fingerprint density at radius 1 is 1.38 bits per heavy atom. The molecule has 0 spiro atoms. The highest BCUT2D eigenvalue weighted by Crippen LogP contribution is 1.94. The third-order valence-electron chi connectivity index (χ3n) is 1.41. The summed E-state index contributed by atoms with van der Waals surface area (Å²) >= 11 is 0. The highest BCUT2D eigenvalue weighted by atomic mass is 16.7. The Balaban J connectivity index is 3.90. The molecule has 0 aromatic carbocycles. The van der Waals surface area contributed by atoms with Crippen molar-refractivity contribution in [1.29, 1.82) is 0 Å². The van der Waals surface area contributed by atoms with E-state index in [1.165, 1.54) is 20.3 Å². The molecule has 76 valence electrons. The summed E-state index contributed by atoms with van der Waals surface area (Å²) in [5.41, 5.74) is 0. The van der Waals surface area contributed by atoms with Crippen molar-refractivity contribution in [3.8, 4) is 0 Å². The average molecular weight is 187 g/mol. The first kappa shape index (κ1) is 12.3. The molecule has 0 fully saturated rings. The maximum Gasteiger partial charge on any atom is 0.221 e. The fraction of sp³-hybridized carbons (Fsp3) is 0.667. The maximum absolute atomic E-state index is 11.2. The summed E-state index contributed by atoms with van der Waals surface area (Å²) in [6.07, 6.45) is 2.46. The topological polar surface area (TPSA) is 38.8 Å². The quantitative estimate of drug-likeness (QED) is 0.442. The van der Waals surface area contributed by atoms with E-state index in [1.807, 2.05) is 19.0 Å². The number of hydrogen-bond acceptors (Lipinski definition) is 4. The minimum absolute atomic E-state index is 0.174. The van der Waals surface area contributed by atoms with Crippen molar-refractivity contribution in [1.82, 2.24) is 4.90 Å². The zero-order chi connectivity index (χ0) is 10.3. The predicted octanol–water partition coefficient (Wildman–Crippen LogP) is 0.292. The van der Waals surface area contributed by atoms with E-state index in [-0.39, 0.29) is 5.78 Å². The number of hydrogen-bond donors (Lipinski definition) is 0. The first-order valence-electron chi connectivity index (χ1n) is 4.02. The molecule has 0 rings (SSSR count). The molecule has 0 amide bonds. The van der Waals surface area contributed by atoms with E-state index >= 15 is 0 Å². The minimum Gasteiger partial charge on any atom is -0.349 e. The van der Waals surface area contributed by atoms with Crippen LogP contribution in [-0.2, 0) is 14.3 Å². The summed E-state index contributed by atoms with van der Waals surface area (Å²) in [4.78, 5) is 13.2. The Hall–Kier alpha value is -0.710. The molecule has 0 atom stereocenters. The Bertz CT molecular complexity index is 174. The monoisotopic (exact) mass is 187 g/mol. The smallest absolute Gasteiger partial charge is 0.221 e. The van der Waals surface area contributed by atoms with Crippen LogP contribution in [0.4, 0.5) is 0 Å². The molecule has 0 bridgehead atoms. The molecule has 0 saturated carbocycles. The highest BCUT2D eigenvalue weighted by molar-refractivity contribution is 5.92. The molecule has 0 aliphatic heterocycles. The van der Waals surface area contributed by atoms with Gasteiger partial charge in [-0.15, -0.1) is 0 Å². The lowest BCUT2D eigenvalue weighted by Crippen LogP contribution is -2.23. The summed E-state index contributed by atoms with van der Waals surface area (Å²) in [5.74, 6) is -0.174. The van der Waals surface area contributed by atoms with Crippen molar-refractivity contribution in [3.05, 3.63) is 12.2 Å². The molecule has 0 aromatic heterocycles. The number of likely N-dealkylation sites (N-methyl/N-ethyl adjacent to an activating group) is 1. The molecule has 0 radical (unpaired) electrons. The molecule has 0 saturated heterocycles. The summed E-state index contributed by atoms with van der Waals surface area (Å²) in [5, 5.41) is 0. The molecular weight excluding hydrogens is 170 g/mol. The van der Waals surface area contributed by atoms with Crippen LogP contribution in [0.15, 0.2) is 12.2 Å². The minimum atomic E-state index is -0.779. The second kappa shape index (κ2) is 6.77. The number of rotatable bonds is 6. The maximum atomic E-state index is 11.2. The second-order valence-corrected chi connectivity index (χ2v) is 2.87. The Morgan fingerprint density at radius 3 is 2.31 bits per heavy atom. The van der Waals surface area contributed by atoms with Gasteiger partial charge in [0.25, 0.3) is 0 Å². The summed E-state index contributed by atoms with van der Waals surface area (Å²) in [6.45, 7) is 0.728. The van der Waals surface area contributed by atoms with E-state index in [0.29, 0.717) is 0 Å². The van der Waals surface area contributed by atoms with Gasteiger partial charge >= 0.3 is 0 Å². The van der Waals surface area contributed by atoms with Gasteiger partial charge < -0.3 is 14.4 Å². The lowest BCUT2D eigenvalue weighted by atomic mass is 10.3. The molecule has 0 aromatic rings. The zero-order valence-corrected chi connectivity index (χ0v) is 8.61. The van der Waals surface area contributed by atoms with E-state index in [2.05, 4.69) is 0 Å². The summed E-state index contributed by atoms with van der Waals surface area (Å²) < 4.78 is 9.56. The molecule has 0 unspecified atom stereocenters. The van der Waals surface area contributed by atoms with Crippen molar-refractivity contribution >= 4 is 5.78 Å². The number of carbonyl (C=O) groups is 1. The van der Waals surface area contributed by atoms with Crippen LogP contribution < -0.4 is 0 Å². The van der Waals surface area contributed by atoms with E-state index in [0.717, 1.165) is 6.54 Å². The van der Waals surface area contributed by atoms with Crippen molar-refractivity contribution < 1.29 is 14.3 Å². The molecule has 13 heavy (non-hydrogen) atoms. The van der Waals surface area contributed by atoms with Gasteiger partial charge in [0.15, 0.2) is 0 Å². The van der Waals surface area contributed by atoms with E-state index in [4.69, 9.17) is 9.47 Å². The van der Waals surface area contributed by atoms with Crippen LogP contribution in [-0.4, -0.2) is 51.8 Å². The Kier molecular flexibility index (Phi) is 6.40. The molecule has 0 N–H and O–H groups in total. The SMILES string of the molecule is COC(OC)C(=O)/C=C/CN(C)C. The largest absolute Gasteiger partial charge is 0.349 e. The average Bonchev–Trinajstić information content (AvgIpc) is 2.05. The van der Waals surface area contributed by atoms with Crippen LogP contribution in [0.5, 0.6) is 0 Å². The van der Waals surface area contributed by atoms with Crippen LogP contribution >= 0.6 is 0 Å². The zero-order valence-electron chi connectivity index (χ0n) is 8.61. The van der Waals surface area contributed by atoms with Gasteiger partial charge in [0, 0.05) is 20.8 Å². The molecule has 0 aliphatic rings. The van der Waals surface area contributed by atoms with Gasteiger partial charge in [0.1, 0.15) is 0 Å². The van der Waals surface area contributed by atoms with Gasteiger partial charge in [0.2, 0.25) is 12.1 Å². The molecule has 4 heteroatoms. The Labute approximate surface area is 79.1 Å². The first-order valence-corrected chi connectivity index (χ1v) is 4.02. The van der Waals surface area contributed by atoms with E-state index < -0.39 is 6.29 Å². The second-order valence-electron chi connectivity index (χ2n) is 2.87. The van der Waals surface area contributed by atoms with Gasteiger partial charge in [0.05, 0.1) is 0 Å². The number of ether oxygens (including phenoxy) is 2. The first-order chi connectivity index (χ1) is 6.11. The van der Waals surface area contributed by atoms with Gasteiger partial charge in [-0.05, 0) is 20.2 Å². The normalized spacial score (nSPS) is 11.8. The third kappa shape index (κ3) is 5.52. The molecule has 0 aliphatic carbocycles. The van der Waals surface area contributed by atoms with Gasteiger partial charge in [-0.2, -0.15) is 0 Å². The van der Waals surface area contributed by atoms with Gasteiger partial charge in [-0.25, -0.2) is 0 Å². The van der Waals surface area contributed by atoms with Crippen molar-refractivity contribution in [3.63, 3.8) is 0 Å². The molecule has 4 nitrogen and oxygen atoms in total. The van der Waals surface area contributed by atoms with E-state index in [1.54, 1.807) is 6.08 Å². The molecule has 0 heterocycles. The van der Waals surface area contributed by atoms with E-state index in [9.17, 15) is 4.79 Å². The van der Waals surface area contributed by atoms with Crippen LogP contribution in [0.25, 0.3) is 0 Å². The summed E-state index contributed by atoms with van der Waals surface area (Å²) in [6, 6.07) is 0. The van der Waals surface area contributed by atoms with Crippen LogP contribution in [0.2, 0.25) is 0 Å². The fourth-order valence-electron chi connectivity index (χ4n) is 0.787. The van der Waals surface area contributed by atoms with Gasteiger partial charge in [-0.3, -0.25) is 4.79 Å². The van der Waals surface area contributed by atoms with Crippen molar-refractivity contribution in [2.45, 2.75) is 6.29 Å². The van der Waals surface area contributed by atoms with Gasteiger partial charge in [-0.1, -0.05) is 6.08 Å². The number of nitrogens with zero attached hydrogens (tertiary/aromatic N) is 1. The van der Waals surface area contributed by atoms with Crippen molar-refractivity contribution in [2.75, 3.05) is 34.9 Å². The fourth-order valence-corrected chi connectivity index (χ4v) is 0.787. The number of ketones is 1.